The Labute approximate surface area is 143 Å². The van der Waals surface area contributed by atoms with E-state index in [9.17, 15) is 4.79 Å². The molecule has 0 heterocycles. The van der Waals surface area contributed by atoms with E-state index >= 15 is 0 Å². The number of hydrogen-bond acceptors (Lipinski definition) is 3. The second-order valence-corrected chi connectivity index (χ2v) is 5.43. The van der Waals surface area contributed by atoms with E-state index in [-0.39, 0.29) is 5.91 Å². The first-order chi connectivity index (χ1) is 11.6. The molecule has 2 aromatic carbocycles. The first kappa shape index (κ1) is 17.6. The van der Waals surface area contributed by atoms with Gasteiger partial charge in [0.1, 0.15) is 0 Å². The van der Waals surface area contributed by atoms with Crippen LogP contribution in [0, 0.1) is 0 Å². The fourth-order valence-electron chi connectivity index (χ4n) is 2.36. The Balaban J connectivity index is 1.89. The molecule has 0 aliphatic heterocycles. The van der Waals surface area contributed by atoms with E-state index in [1.807, 2.05) is 61.5 Å². The first-order valence-corrected chi connectivity index (χ1v) is 7.86. The number of rotatable bonds is 7. The summed E-state index contributed by atoms with van der Waals surface area (Å²) in [5, 5.41) is 2.94. The van der Waals surface area contributed by atoms with Crippen LogP contribution in [0.25, 0.3) is 6.08 Å². The molecule has 0 spiro atoms. The van der Waals surface area contributed by atoms with Gasteiger partial charge in [-0.1, -0.05) is 36.4 Å². The number of nitrogens with one attached hydrogen (secondary N) is 1. The molecule has 0 aliphatic rings. The van der Waals surface area contributed by atoms with Gasteiger partial charge in [0, 0.05) is 12.1 Å². The van der Waals surface area contributed by atoms with E-state index in [4.69, 9.17) is 9.47 Å². The van der Waals surface area contributed by atoms with E-state index in [1.165, 1.54) is 0 Å². The molecule has 4 heteroatoms. The van der Waals surface area contributed by atoms with Crippen molar-refractivity contribution in [1.29, 1.82) is 0 Å². The third kappa shape index (κ3) is 4.88. The Hall–Kier alpha value is -2.75. The minimum atomic E-state index is -0.0562. The van der Waals surface area contributed by atoms with Crippen LogP contribution in [0.3, 0.4) is 0 Å². The number of amides is 1. The molecule has 126 valence electrons. The second-order valence-electron chi connectivity index (χ2n) is 5.43. The van der Waals surface area contributed by atoms with E-state index < -0.39 is 0 Å². The van der Waals surface area contributed by atoms with Crippen molar-refractivity contribution in [1.82, 2.24) is 5.32 Å². The molecule has 0 saturated heterocycles. The lowest BCUT2D eigenvalue weighted by Gasteiger charge is -2.10. The highest BCUT2D eigenvalue weighted by molar-refractivity contribution is 5.97. The van der Waals surface area contributed by atoms with Gasteiger partial charge < -0.3 is 14.8 Å². The second kappa shape index (κ2) is 8.77. The van der Waals surface area contributed by atoms with E-state index in [0.717, 1.165) is 17.5 Å². The van der Waals surface area contributed by atoms with Gasteiger partial charge >= 0.3 is 0 Å². The molecule has 1 amide bonds. The molecule has 0 radical (unpaired) electrons. The average molecular weight is 325 g/mol. The van der Waals surface area contributed by atoms with Crippen molar-refractivity contribution >= 4 is 12.0 Å². The van der Waals surface area contributed by atoms with Gasteiger partial charge in [0.15, 0.2) is 11.5 Å². The van der Waals surface area contributed by atoms with Gasteiger partial charge in [0.25, 0.3) is 0 Å². The molecule has 0 saturated carbocycles. The van der Waals surface area contributed by atoms with Crippen LogP contribution in [0.15, 0.2) is 54.1 Å². The molecule has 2 aromatic rings. The topological polar surface area (TPSA) is 47.6 Å². The summed E-state index contributed by atoms with van der Waals surface area (Å²) in [7, 11) is 3.22. The standard InChI is InChI=1S/C20H23NO3/c1-15(13-16-7-5-4-6-8-16)20(22)21-12-11-17-9-10-18(23-2)19(14-17)24-3/h4-10,13-14H,11-12H2,1-3H3,(H,21,22)/b15-13+. The molecular formula is C20H23NO3. The minimum Gasteiger partial charge on any atom is -0.493 e. The molecule has 4 nitrogen and oxygen atoms in total. The van der Waals surface area contributed by atoms with E-state index in [1.54, 1.807) is 14.2 Å². The molecule has 0 atom stereocenters. The van der Waals surface area contributed by atoms with Gasteiger partial charge in [-0.05, 0) is 42.7 Å². The Morgan fingerprint density at radius 3 is 2.42 bits per heavy atom. The van der Waals surface area contributed by atoms with Crippen LogP contribution in [-0.2, 0) is 11.2 Å². The number of ether oxygens (including phenoxy) is 2. The minimum absolute atomic E-state index is 0.0562. The van der Waals surface area contributed by atoms with Crippen molar-refractivity contribution in [3.05, 3.63) is 65.2 Å². The van der Waals surface area contributed by atoms with Gasteiger partial charge in [0.05, 0.1) is 14.2 Å². The van der Waals surface area contributed by atoms with Gasteiger partial charge in [-0.25, -0.2) is 0 Å². The maximum atomic E-state index is 12.1. The van der Waals surface area contributed by atoms with E-state index in [2.05, 4.69) is 5.32 Å². The predicted molar refractivity (Wildman–Crippen MR) is 96.4 cm³/mol. The lowest BCUT2D eigenvalue weighted by molar-refractivity contribution is -0.117. The molecule has 0 fully saturated rings. The lowest BCUT2D eigenvalue weighted by atomic mass is 10.1. The van der Waals surface area contributed by atoms with Gasteiger partial charge in [-0.2, -0.15) is 0 Å². The summed E-state index contributed by atoms with van der Waals surface area (Å²) in [5.74, 6) is 1.34. The molecule has 2 rings (SSSR count). The van der Waals surface area contributed by atoms with Gasteiger partial charge in [0.2, 0.25) is 5.91 Å². The van der Waals surface area contributed by atoms with Gasteiger partial charge in [-0.3, -0.25) is 4.79 Å². The van der Waals surface area contributed by atoms with Crippen LogP contribution in [0.4, 0.5) is 0 Å². The van der Waals surface area contributed by atoms with Crippen molar-refractivity contribution in [2.24, 2.45) is 0 Å². The van der Waals surface area contributed by atoms with Crippen molar-refractivity contribution < 1.29 is 14.3 Å². The van der Waals surface area contributed by atoms with Crippen LogP contribution in [0.1, 0.15) is 18.1 Å². The lowest BCUT2D eigenvalue weighted by Crippen LogP contribution is -2.26. The number of methoxy groups -OCH3 is 2. The normalized spacial score (nSPS) is 11.0. The number of carbonyl (C=O) groups is 1. The fourth-order valence-corrected chi connectivity index (χ4v) is 2.36. The maximum absolute atomic E-state index is 12.1. The van der Waals surface area contributed by atoms with Crippen molar-refractivity contribution in [2.75, 3.05) is 20.8 Å². The molecular weight excluding hydrogens is 302 g/mol. The van der Waals surface area contributed by atoms with Crippen LogP contribution in [-0.4, -0.2) is 26.7 Å². The predicted octanol–water partition coefficient (Wildman–Crippen LogP) is 3.47. The summed E-state index contributed by atoms with van der Waals surface area (Å²) in [6.07, 6.45) is 2.61. The number of benzene rings is 2. The van der Waals surface area contributed by atoms with Crippen molar-refractivity contribution in [3.63, 3.8) is 0 Å². The summed E-state index contributed by atoms with van der Waals surface area (Å²) in [6, 6.07) is 15.6. The fraction of sp³-hybridized carbons (Fsp3) is 0.250. The highest BCUT2D eigenvalue weighted by Gasteiger charge is 2.06. The number of hydrogen-bond donors (Lipinski definition) is 1. The summed E-state index contributed by atoms with van der Waals surface area (Å²) < 4.78 is 10.5. The molecule has 1 N–H and O–H groups in total. The SMILES string of the molecule is COc1ccc(CCNC(=O)/C(C)=C/c2ccccc2)cc1OC. The highest BCUT2D eigenvalue weighted by atomic mass is 16.5. The smallest absolute Gasteiger partial charge is 0.246 e. The Kier molecular flexibility index (Phi) is 6.43. The van der Waals surface area contributed by atoms with Crippen LogP contribution in [0.2, 0.25) is 0 Å². The molecule has 24 heavy (non-hydrogen) atoms. The summed E-state index contributed by atoms with van der Waals surface area (Å²) in [4.78, 5) is 12.1. The third-order valence-electron chi connectivity index (χ3n) is 3.69. The average Bonchev–Trinajstić information content (AvgIpc) is 2.62. The zero-order chi connectivity index (χ0) is 17.4. The van der Waals surface area contributed by atoms with E-state index in [0.29, 0.717) is 23.6 Å². The Morgan fingerprint density at radius 1 is 1.04 bits per heavy atom. The molecule has 0 aliphatic carbocycles. The van der Waals surface area contributed by atoms with Gasteiger partial charge in [-0.15, -0.1) is 0 Å². The van der Waals surface area contributed by atoms with Crippen LogP contribution >= 0.6 is 0 Å². The molecule has 0 unspecified atom stereocenters. The Morgan fingerprint density at radius 2 is 1.75 bits per heavy atom. The van der Waals surface area contributed by atoms with Crippen molar-refractivity contribution in [2.45, 2.75) is 13.3 Å². The summed E-state index contributed by atoms with van der Waals surface area (Å²) in [6.45, 7) is 2.38. The van der Waals surface area contributed by atoms with Crippen LogP contribution < -0.4 is 14.8 Å². The largest absolute Gasteiger partial charge is 0.493 e. The number of carbonyl (C=O) groups excluding carboxylic acids is 1. The zero-order valence-electron chi connectivity index (χ0n) is 14.3. The van der Waals surface area contributed by atoms with Crippen molar-refractivity contribution in [3.8, 4) is 11.5 Å². The first-order valence-electron chi connectivity index (χ1n) is 7.86. The highest BCUT2D eigenvalue weighted by Crippen LogP contribution is 2.27. The zero-order valence-corrected chi connectivity index (χ0v) is 14.3. The summed E-state index contributed by atoms with van der Waals surface area (Å²) >= 11 is 0. The molecule has 0 aromatic heterocycles. The quantitative estimate of drug-likeness (QED) is 0.793. The maximum Gasteiger partial charge on any atom is 0.246 e. The molecule has 0 bridgehead atoms. The van der Waals surface area contributed by atoms with Crippen LogP contribution in [0.5, 0.6) is 11.5 Å². The monoisotopic (exact) mass is 325 g/mol. The summed E-state index contributed by atoms with van der Waals surface area (Å²) in [5.41, 5.74) is 2.79. The Bertz CT molecular complexity index is 708. The third-order valence-corrected chi connectivity index (χ3v) is 3.69.